The first kappa shape index (κ1) is 25.4. The van der Waals surface area contributed by atoms with Gasteiger partial charge in [-0.3, -0.25) is 9.59 Å². The number of carbonyl (C=O) groups is 3. The lowest BCUT2D eigenvalue weighted by Crippen LogP contribution is -2.40. The van der Waals surface area contributed by atoms with E-state index in [2.05, 4.69) is 36.5 Å². The molecule has 200 valence electrons. The summed E-state index contributed by atoms with van der Waals surface area (Å²) in [5.41, 5.74) is 6.84. The lowest BCUT2D eigenvalue weighted by atomic mass is 9.86. The summed E-state index contributed by atoms with van der Waals surface area (Å²) in [5, 5.41) is 3.18. The second-order valence-electron chi connectivity index (χ2n) is 11.4. The Kier molecular flexibility index (Phi) is 6.49. The van der Waals surface area contributed by atoms with Crippen molar-refractivity contribution in [2.24, 2.45) is 11.3 Å². The van der Waals surface area contributed by atoms with Crippen molar-refractivity contribution in [1.29, 1.82) is 0 Å². The second kappa shape index (κ2) is 9.99. The third kappa shape index (κ3) is 4.96. The van der Waals surface area contributed by atoms with E-state index in [1.807, 2.05) is 41.3 Å². The number of benzene rings is 3. The van der Waals surface area contributed by atoms with Crippen LogP contribution in [-0.2, 0) is 33.8 Å². The Morgan fingerprint density at radius 1 is 1.00 bits per heavy atom. The summed E-state index contributed by atoms with van der Waals surface area (Å²) in [5.74, 6) is 0.244. The molecular weight excluding hydrogens is 488 g/mol. The molecule has 39 heavy (non-hydrogen) atoms. The van der Waals surface area contributed by atoms with Gasteiger partial charge in [0.15, 0.2) is 0 Å². The molecule has 6 nitrogen and oxygen atoms in total. The van der Waals surface area contributed by atoms with E-state index in [4.69, 9.17) is 4.74 Å². The van der Waals surface area contributed by atoms with Crippen LogP contribution in [0.4, 0.5) is 0 Å². The highest BCUT2D eigenvalue weighted by atomic mass is 16.5. The molecule has 2 amide bonds. The van der Waals surface area contributed by atoms with E-state index in [1.54, 1.807) is 6.07 Å². The van der Waals surface area contributed by atoms with Crippen LogP contribution in [0.25, 0.3) is 11.1 Å². The van der Waals surface area contributed by atoms with E-state index in [0.717, 1.165) is 47.9 Å². The topological polar surface area (TPSA) is 75.7 Å². The minimum Gasteiger partial charge on any atom is -0.465 e. The standard InChI is InChI=1S/C33H34N2O4/c1-33(14-15-33)32(38)35-16-13-26-25(22-9-6-10-23(17-22)31(37)39-2)12-11-24(29(26)20-35)19-34-30(36)28-18-27(28)21-7-4-3-5-8-21/h3-12,17,27-28H,13-16,18-20H2,1-2H3,(H,34,36)/t27-,28-/m0/s1. The fourth-order valence-electron chi connectivity index (χ4n) is 5.93. The quantitative estimate of drug-likeness (QED) is 0.431. The maximum Gasteiger partial charge on any atom is 0.337 e. The van der Waals surface area contributed by atoms with Crippen molar-refractivity contribution in [2.45, 2.75) is 51.6 Å². The van der Waals surface area contributed by atoms with E-state index in [-0.39, 0.29) is 35.0 Å². The third-order valence-corrected chi connectivity index (χ3v) is 8.72. The summed E-state index contributed by atoms with van der Waals surface area (Å²) in [6, 6.07) is 21.9. The number of ether oxygens (including phenoxy) is 1. The number of methoxy groups -OCH3 is 1. The predicted molar refractivity (Wildman–Crippen MR) is 149 cm³/mol. The normalized spacial score (nSPS) is 20.5. The maximum absolute atomic E-state index is 13.3. The number of carbonyl (C=O) groups excluding carboxylic acids is 3. The number of hydrogen-bond acceptors (Lipinski definition) is 4. The van der Waals surface area contributed by atoms with Crippen molar-refractivity contribution in [3.05, 3.63) is 94.5 Å². The molecule has 1 aliphatic heterocycles. The molecule has 2 fully saturated rings. The number of hydrogen-bond donors (Lipinski definition) is 1. The molecule has 1 N–H and O–H groups in total. The van der Waals surface area contributed by atoms with Gasteiger partial charge in [0.05, 0.1) is 12.7 Å². The molecule has 0 saturated heterocycles. The van der Waals surface area contributed by atoms with Gasteiger partial charge in [-0.25, -0.2) is 4.79 Å². The average Bonchev–Trinajstić information content (AvgIpc) is 3.92. The van der Waals surface area contributed by atoms with Gasteiger partial charge in [0.25, 0.3) is 0 Å². The smallest absolute Gasteiger partial charge is 0.337 e. The molecule has 2 aliphatic carbocycles. The molecule has 0 spiro atoms. The largest absolute Gasteiger partial charge is 0.465 e. The van der Waals surface area contributed by atoms with Gasteiger partial charge in [0.2, 0.25) is 11.8 Å². The van der Waals surface area contributed by atoms with Crippen LogP contribution < -0.4 is 5.32 Å². The second-order valence-corrected chi connectivity index (χ2v) is 11.4. The van der Waals surface area contributed by atoms with Gasteiger partial charge < -0.3 is 15.0 Å². The van der Waals surface area contributed by atoms with E-state index in [0.29, 0.717) is 25.2 Å². The highest BCUT2D eigenvalue weighted by Gasteiger charge is 2.48. The lowest BCUT2D eigenvalue weighted by molar-refractivity contribution is -0.137. The van der Waals surface area contributed by atoms with Crippen LogP contribution in [0.15, 0.2) is 66.7 Å². The first-order valence-corrected chi connectivity index (χ1v) is 13.8. The number of amides is 2. The maximum atomic E-state index is 13.3. The molecule has 6 heteroatoms. The van der Waals surface area contributed by atoms with Gasteiger partial charge in [-0.15, -0.1) is 0 Å². The zero-order chi connectivity index (χ0) is 27.1. The molecule has 2 atom stereocenters. The van der Waals surface area contributed by atoms with Crippen molar-refractivity contribution >= 4 is 17.8 Å². The highest BCUT2D eigenvalue weighted by Crippen LogP contribution is 2.48. The van der Waals surface area contributed by atoms with Crippen molar-refractivity contribution in [3.8, 4) is 11.1 Å². The van der Waals surface area contributed by atoms with Crippen molar-refractivity contribution in [3.63, 3.8) is 0 Å². The fraction of sp³-hybridized carbons (Fsp3) is 0.364. The summed E-state index contributed by atoms with van der Waals surface area (Å²) >= 11 is 0. The Morgan fingerprint density at radius 2 is 1.79 bits per heavy atom. The molecule has 6 rings (SSSR count). The Hall–Kier alpha value is -3.93. The van der Waals surface area contributed by atoms with E-state index < -0.39 is 0 Å². The highest BCUT2D eigenvalue weighted by molar-refractivity contribution is 5.91. The van der Waals surface area contributed by atoms with E-state index >= 15 is 0 Å². The average molecular weight is 523 g/mol. The van der Waals surface area contributed by atoms with Gasteiger partial charge in [-0.05, 0) is 77.1 Å². The minimum atomic E-state index is -0.367. The third-order valence-electron chi connectivity index (χ3n) is 8.72. The van der Waals surface area contributed by atoms with E-state index in [1.165, 1.54) is 18.2 Å². The van der Waals surface area contributed by atoms with Crippen molar-refractivity contribution < 1.29 is 19.1 Å². The molecule has 0 bridgehead atoms. The first-order chi connectivity index (χ1) is 18.9. The van der Waals surface area contributed by atoms with Crippen LogP contribution in [0.1, 0.15) is 64.7 Å². The zero-order valence-corrected chi connectivity index (χ0v) is 22.5. The fourth-order valence-corrected chi connectivity index (χ4v) is 5.93. The van der Waals surface area contributed by atoms with Crippen molar-refractivity contribution in [2.75, 3.05) is 13.7 Å². The Balaban J connectivity index is 1.27. The summed E-state index contributed by atoms with van der Waals surface area (Å²) in [6.07, 6.45) is 3.50. The summed E-state index contributed by atoms with van der Waals surface area (Å²) in [4.78, 5) is 40.5. The number of fused-ring (bicyclic) bond motifs is 1. The minimum absolute atomic E-state index is 0.0106. The SMILES string of the molecule is COC(=O)c1cccc(-c2ccc(CNC(=O)[C@H]3C[C@H]3c3ccccc3)c3c2CCN(C(=O)C2(C)CC2)C3)c1. The predicted octanol–water partition coefficient (Wildman–Crippen LogP) is 5.24. The summed E-state index contributed by atoms with van der Waals surface area (Å²) < 4.78 is 4.93. The number of rotatable bonds is 7. The van der Waals surface area contributed by atoms with Gasteiger partial charge in [-0.1, -0.05) is 61.5 Å². The molecule has 3 aromatic carbocycles. The van der Waals surface area contributed by atoms with Crippen LogP contribution in [0.5, 0.6) is 0 Å². The van der Waals surface area contributed by atoms with Gasteiger partial charge in [-0.2, -0.15) is 0 Å². The van der Waals surface area contributed by atoms with Gasteiger partial charge in [0.1, 0.15) is 0 Å². The number of esters is 1. The molecular formula is C33H34N2O4. The Bertz CT molecular complexity index is 1440. The van der Waals surface area contributed by atoms with Gasteiger partial charge in [0, 0.05) is 31.0 Å². The van der Waals surface area contributed by atoms with Crippen LogP contribution in [-0.4, -0.2) is 36.3 Å². The van der Waals surface area contributed by atoms with E-state index in [9.17, 15) is 14.4 Å². The summed E-state index contributed by atoms with van der Waals surface area (Å²) in [6.45, 7) is 3.69. The molecule has 2 saturated carbocycles. The molecule has 0 aromatic heterocycles. The zero-order valence-electron chi connectivity index (χ0n) is 22.5. The molecule has 0 radical (unpaired) electrons. The summed E-state index contributed by atoms with van der Waals surface area (Å²) in [7, 11) is 1.38. The number of nitrogens with one attached hydrogen (secondary N) is 1. The van der Waals surface area contributed by atoms with Crippen LogP contribution in [0.3, 0.4) is 0 Å². The Labute approximate surface area is 229 Å². The van der Waals surface area contributed by atoms with Gasteiger partial charge >= 0.3 is 5.97 Å². The molecule has 1 heterocycles. The van der Waals surface area contributed by atoms with Crippen LogP contribution >= 0.6 is 0 Å². The Morgan fingerprint density at radius 3 is 2.54 bits per heavy atom. The monoisotopic (exact) mass is 522 g/mol. The van der Waals surface area contributed by atoms with Crippen LogP contribution in [0, 0.1) is 11.3 Å². The molecule has 3 aromatic rings. The first-order valence-electron chi connectivity index (χ1n) is 13.8. The van der Waals surface area contributed by atoms with Crippen LogP contribution in [0.2, 0.25) is 0 Å². The lowest BCUT2D eigenvalue weighted by Gasteiger charge is -2.33. The van der Waals surface area contributed by atoms with Crippen molar-refractivity contribution in [1.82, 2.24) is 10.2 Å². The molecule has 0 unspecified atom stereocenters. The molecule has 3 aliphatic rings. The number of nitrogens with zero attached hydrogens (tertiary/aromatic N) is 1.